The van der Waals surface area contributed by atoms with E-state index in [1.54, 1.807) is 42.6 Å². The fourth-order valence-corrected chi connectivity index (χ4v) is 3.54. The summed E-state index contributed by atoms with van der Waals surface area (Å²) >= 11 is 15.6. The number of carbonyl (C=O) groups is 1. The smallest absolute Gasteiger partial charge is 0.291 e. The van der Waals surface area contributed by atoms with E-state index in [9.17, 15) is 4.79 Å². The first kappa shape index (κ1) is 19.8. The van der Waals surface area contributed by atoms with Crippen molar-refractivity contribution >= 4 is 61.6 Å². The Morgan fingerprint density at radius 1 is 1.10 bits per heavy atom. The van der Waals surface area contributed by atoms with Crippen LogP contribution in [0.1, 0.15) is 16.3 Å². The van der Waals surface area contributed by atoms with Gasteiger partial charge in [-0.1, -0.05) is 51.3 Å². The van der Waals surface area contributed by atoms with Crippen molar-refractivity contribution in [2.45, 2.75) is 6.61 Å². The minimum Gasteiger partial charge on any atom is -0.484 e. The summed E-state index contributed by atoms with van der Waals surface area (Å²) in [5.41, 5.74) is 1.27. The summed E-state index contributed by atoms with van der Waals surface area (Å²) in [5.74, 6) is 0.693. The van der Waals surface area contributed by atoms with Crippen molar-refractivity contribution in [2.24, 2.45) is 0 Å². The number of ether oxygens (including phenoxy) is 1. The average molecular weight is 492 g/mol. The first-order chi connectivity index (χ1) is 14.0. The molecule has 1 N–H and O–H groups in total. The van der Waals surface area contributed by atoms with Crippen molar-refractivity contribution in [3.8, 4) is 5.75 Å². The molecule has 2 aromatic carbocycles. The summed E-state index contributed by atoms with van der Waals surface area (Å²) in [5, 5.41) is 4.47. The van der Waals surface area contributed by atoms with Gasteiger partial charge in [-0.15, -0.1) is 0 Å². The lowest BCUT2D eigenvalue weighted by Gasteiger charge is -2.08. The van der Waals surface area contributed by atoms with Gasteiger partial charge in [0.05, 0.1) is 16.2 Å². The van der Waals surface area contributed by atoms with Crippen LogP contribution >= 0.6 is 39.1 Å². The molecule has 146 valence electrons. The molecule has 2 heterocycles. The molecule has 0 saturated heterocycles. The molecule has 0 bridgehead atoms. The van der Waals surface area contributed by atoms with Crippen LogP contribution in [0.25, 0.3) is 10.9 Å². The first-order valence-corrected chi connectivity index (χ1v) is 10.1. The number of hydrogen-bond acceptors (Lipinski definition) is 4. The molecule has 4 rings (SSSR count). The number of benzene rings is 2. The lowest BCUT2D eigenvalue weighted by Crippen LogP contribution is -2.11. The predicted molar refractivity (Wildman–Crippen MR) is 117 cm³/mol. The molecule has 0 aliphatic carbocycles. The normalized spacial score (nSPS) is 10.9. The molecule has 4 aromatic rings. The Balaban J connectivity index is 1.48. The maximum absolute atomic E-state index is 12.6. The number of fused-ring (bicyclic) bond motifs is 1. The van der Waals surface area contributed by atoms with Gasteiger partial charge >= 0.3 is 0 Å². The van der Waals surface area contributed by atoms with Gasteiger partial charge in [0.25, 0.3) is 5.91 Å². The molecule has 1 amide bonds. The van der Waals surface area contributed by atoms with Gasteiger partial charge in [-0.25, -0.2) is 0 Å². The van der Waals surface area contributed by atoms with Crippen LogP contribution in [0.4, 0.5) is 5.69 Å². The van der Waals surface area contributed by atoms with E-state index in [2.05, 4.69) is 26.2 Å². The number of nitrogens with zero attached hydrogens (tertiary/aromatic N) is 1. The minimum atomic E-state index is -0.383. The number of carbonyl (C=O) groups excluding carboxylic acids is 1. The van der Waals surface area contributed by atoms with E-state index in [4.69, 9.17) is 32.4 Å². The topological polar surface area (TPSA) is 64.4 Å². The molecule has 0 aliphatic heterocycles. The van der Waals surface area contributed by atoms with E-state index in [-0.39, 0.29) is 18.3 Å². The second-order valence-electron chi connectivity index (χ2n) is 6.06. The minimum absolute atomic E-state index is 0.107. The highest BCUT2D eigenvalue weighted by Crippen LogP contribution is 2.32. The Bertz CT molecular complexity index is 1210. The molecule has 29 heavy (non-hydrogen) atoms. The lowest BCUT2D eigenvalue weighted by molar-refractivity contribution is 0.0992. The van der Waals surface area contributed by atoms with Crippen LogP contribution in [0.2, 0.25) is 10.0 Å². The maximum atomic E-state index is 12.6. The Kier molecular flexibility index (Phi) is 5.76. The Morgan fingerprint density at radius 3 is 2.83 bits per heavy atom. The number of pyridine rings is 1. The summed E-state index contributed by atoms with van der Waals surface area (Å²) in [6.45, 7) is 0.107. The van der Waals surface area contributed by atoms with Crippen LogP contribution in [0.15, 0.2) is 69.7 Å². The van der Waals surface area contributed by atoms with Gasteiger partial charge in [-0.05, 0) is 42.5 Å². The fourth-order valence-electron chi connectivity index (χ4n) is 2.74. The lowest BCUT2D eigenvalue weighted by atomic mass is 10.2. The van der Waals surface area contributed by atoms with E-state index >= 15 is 0 Å². The van der Waals surface area contributed by atoms with E-state index < -0.39 is 0 Å². The van der Waals surface area contributed by atoms with Crippen LogP contribution in [0, 0.1) is 0 Å². The third-order valence-corrected chi connectivity index (χ3v) is 5.63. The van der Waals surface area contributed by atoms with Gasteiger partial charge in [0, 0.05) is 16.1 Å². The van der Waals surface area contributed by atoms with Crippen molar-refractivity contribution in [1.29, 1.82) is 0 Å². The summed E-state index contributed by atoms with van der Waals surface area (Å²) in [6, 6.07) is 15.8. The first-order valence-electron chi connectivity index (χ1n) is 8.53. The Morgan fingerprint density at radius 2 is 1.97 bits per heavy atom. The van der Waals surface area contributed by atoms with Gasteiger partial charge in [0.2, 0.25) is 0 Å². The monoisotopic (exact) mass is 490 g/mol. The molecular formula is C21H13BrCl2N2O3. The van der Waals surface area contributed by atoms with Crippen molar-refractivity contribution in [1.82, 2.24) is 4.98 Å². The molecule has 0 spiro atoms. The maximum Gasteiger partial charge on any atom is 0.291 e. The van der Waals surface area contributed by atoms with Crippen LogP contribution in [-0.4, -0.2) is 10.9 Å². The molecule has 0 saturated carbocycles. The van der Waals surface area contributed by atoms with Gasteiger partial charge in [0.15, 0.2) is 5.76 Å². The van der Waals surface area contributed by atoms with E-state index in [0.717, 1.165) is 9.86 Å². The molecule has 0 aliphatic rings. The Labute approximate surface area is 184 Å². The Hall–Kier alpha value is -2.54. The largest absolute Gasteiger partial charge is 0.484 e. The van der Waals surface area contributed by atoms with Crippen LogP contribution in [0.3, 0.4) is 0 Å². The second-order valence-corrected chi connectivity index (χ2v) is 7.69. The van der Waals surface area contributed by atoms with Gasteiger partial charge in [-0.2, -0.15) is 0 Å². The van der Waals surface area contributed by atoms with E-state index in [1.807, 2.05) is 18.2 Å². The van der Waals surface area contributed by atoms with Crippen LogP contribution < -0.4 is 10.1 Å². The molecule has 0 radical (unpaired) electrons. The van der Waals surface area contributed by atoms with E-state index in [0.29, 0.717) is 32.8 Å². The molecule has 5 nitrogen and oxygen atoms in total. The van der Waals surface area contributed by atoms with Gasteiger partial charge in [-0.3, -0.25) is 9.78 Å². The number of hydrogen-bond donors (Lipinski definition) is 1. The molecular weight excluding hydrogens is 479 g/mol. The standard InChI is InChI=1S/C21H13BrCl2N2O3/c22-14-7-8-16(20-13(14)3-2-10-25-20)26-21(27)18-9-6-12(29-18)11-28-17-5-1-4-15(23)19(17)24/h1-10H,11H2,(H,26,27). The molecule has 8 heteroatoms. The average Bonchev–Trinajstić information content (AvgIpc) is 3.21. The van der Waals surface area contributed by atoms with Crippen molar-refractivity contribution < 1.29 is 13.9 Å². The highest BCUT2D eigenvalue weighted by Gasteiger charge is 2.15. The highest BCUT2D eigenvalue weighted by atomic mass is 79.9. The number of aromatic nitrogens is 1. The quantitative estimate of drug-likeness (QED) is 0.336. The van der Waals surface area contributed by atoms with Crippen molar-refractivity contribution in [3.63, 3.8) is 0 Å². The molecule has 0 fully saturated rings. The number of halogens is 3. The molecule has 2 aromatic heterocycles. The van der Waals surface area contributed by atoms with Crippen LogP contribution in [0.5, 0.6) is 5.75 Å². The van der Waals surface area contributed by atoms with E-state index in [1.165, 1.54) is 0 Å². The number of nitrogens with one attached hydrogen (secondary N) is 1. The zero-order chi connectivity index (χ0) is 20.4. The summed E-state index contributed by atoms with van der Waals surface area (Å²) in [4.78, 5) is 17.0. The van der Waals surface area contributed by atoms with Gasteiger partial charge < -0.3 is 14.5 Å². The van der Waals surface area contributed by atoms with Gasteiger partial charge in [0.1, 0.15) is 23.1 Å². The number of amides is 1. The van der Waals surface area contributed by atoms with Crippen molar-refractivity contribution in [3.05, 3.63) is 86.8 Å². The van der Waals surface area contributed by atoms with Crippen molar-refractivity contribution in [2.75, 3.05) is 5.32 Å². The summed E-state index contributed by atoms with van der Waals surface area (Å²) < 4.78 is 12.1. The molecule has 0 unspecified atom stereocenters. The summed E-state index contributed by atoms with van der Waals surface area (Å²) in [6.07, 6.45) is 1.67. The predicted octanol–water partition coefficient (Wildman–Crippen LogP) is 6.73. The SMILES string of the molecule is O=C(Nc1ccc(Br)c2cccnc12)c1ccc(COc2cccc(Cl)c2Cl)o1. The zero-order valence-corrected chi connectivity index (χ0v) is 17.9. The second kappa shape index (κ2) is 8.45. The number of rotatable bonds is 5. The fraction of sp³-hybridized carbons (Fsp3) is 0.0476. The summed E-state index contributed by atoms with van der Waals surface area (Å²) in [7, 11) is 0. The molecule has 0 atom stereocenters. The van der Waals surface area contributed by atoms with Crippen LogP contribution in [-0.2, 0) is 6.61 Å². The highest BCUT2D eigenvalue weighted by molar-refractivity contribution is 9.10. The third-order valence-electron chi connectivity index (χ3n) is 4.14. The number of furan rings is 1. The number of anilines is 1. The third kappa shape index (κ3) is 4.24. The zero-order valence-electron chi connectivity index (χ0n) is 14.8.